The highest BCUT2D eigenvalue weighted by Gasteiger charge is 2.65. The van der Waals surface area contributed by atoms with Gasteiger partial charge in [0.1, 0.15) is 0 Å². The van der Waals surface area contributed by atoms with Crippen molar-refractivity contribution in [2.24, 2.45) is 11.3 Å². The van der Waals surface area contributed by atoms with Crippen molar-refractivity contribution in [3.05, 3.63) is 0 Å². The van der Waals surface area contributed by atoms with Crippen LogP contribution in [0.2, 0.25) is 0 Å². The van der Waals surface area contributed by atoms with Crippen molar-refractivity contribution in [2.75, 3.05) is 0 Å². The SMILES string of the molecule is CCCCCCCC(=O)C(CCCCCCCCCCCCCCC(C)C)(C(=O)O)C(O)(CC(=O)O)C(=O)O. The van der Waals surface area contributed by atoms with Crippen molar-refractivity contribution in [3.63, 3.8) is 0 Å². The Morgan fingerprint density at radius 3 is 1.46 bits per heavy atom. The second-order valence-electron chi connectivity index (χ2n) is 11.7. The summed E-state index contributed by atoms with van der Waals surface area (Å²) in [7, 11) is 0. The number of hydrogen-bond acceptors (Lipinski definition) is 5. The molecule has 0 heterocycles. The van der Waals surface area contributed by atoms with E-state index in [4.69, 9.17) is 0 Å². The van der Waals surface area contributed by atoms with Crippen LogP contribution < -0.4 is 0 Å². The van der Waals surface area contributed by atoms with E-state index in [1.165, 1.54) is 44.9 Å². The summed E-state index contributed by atoms with van der Waals surface area (Å²) in [5.74, 6) is -5.55. The third-order valence-corrected chi connectivity index (χ3v) is 7.90. The van der Waals surface area contributed by atoms with E-state index in [0.29, 0.717) is 19.3 Å². The van der Waals surface area contributed by atoms with E-state index >= 15 is 0 Å². The Balaban J connectivity index is 4.88. The fourth-order valence-corrected chi connectivity index (χ4v) is 5.42. The van der Waals surface area contributed by atoms with Gasteiger partial charge < -0.3 is 20.4 Å². The van der Waals surface area contributed by atoms with Crippen molar-refractivity contribution >= 4 is 23.7 Å². The minimum atomic E-state index is -3.22. The van der Waals surface area contributed by atoms with Crippen LogP contribution in [0.15, 0.2) is 0 Å². The number of rotatable bonds is 27. The molecule has 2 atom stereocenters. The molecule has 0 saturated carbocycles. The first-order valence-corrected chi connectivity index (χ1v) is 15.4. The van der Waals surface area contributed by atoms with Crippen LogP contribution in [0.3, 0.4) is 0 Å². The van der Waals surface area contributed by atoms with Crippen LogP contribution in [0.4, 0.5) is 0 Å². The summed E-state index contributed by atoms with van der Waals surface area (Å²) in [6, 6.07) is 0. The van der Waals surface area contributed by atoms with Gasteiger partial charge in [0.25, 0.3) is 0 Å². The molecule has 0 spiro atoms. The highest BCUT2D eigenvalue weighted by Crippen LogP contribution is 2.43. The lowest BCUT2D eigenvalue weighted by atomic mass is 9.63. The molecule has 4 N–H and O–H groups in total. The van der Waals surface area contributed by atoms with E-state index < -0.39 is 47.5 Å². The average molecular weight is 557 g/mol. The lowest BCUT2D eigenvalue weighted by Gasteiger charge is -2.39. The van der Waals surface area contributed by atoms with E-state index in [-0.39, 0.29) is 12.8 Å². The summed E-state index contributed by atoms with van der Waals surface area (Å²) in [6.07, 6.45) is 15.6. The fourth-order valence-electron chi connectivity index (χ4n) is 5.42. The number of Topliss-reactive ketones (excluding diaryl/α,β-unsaturated/α-hetero) is 1. The molecule has 0 radical (unpaired) electrons. The van der Waals surface area contributed by atoms with Gasteiger partial charge >= 0.3 is 17.9 Å². The number of carboxylic acids is 3. The molecule has 2 unspecified atom stereocenters. The summed E-state index contributed by atoms with van der Waals surface area (Å²) in [6.45, 7) is 6.55. The highest BCUT2D eigenvalue weighted by molar-refractivity contribution is 6.09. The molecule has 8 heteroatoms. The van der Waals surface area contributed by atoms with Crippen LogP contribution in [0.25, 0.3) is 0 Å². The maximum atomic E-state index is 13.3. The third-order valence-electron chi connectivity index (χ3n) is 7.90. The van der Waals surface area contributed by atoms with Crippen LogP contribution >= 0.6 is 0 Å². The first kappa shape index (κ1) is 37.0. The van der Waals surface area contributed by atoms with Crippen molar-refractivity contribution in [2.45, 2.75) is 161 Å². The zero-order chi connectivity index (χ0) is 29.7. The van der Waals surface area contributed by atoms with Gasteiger partial charge in [-0.25, -0.2) is 4.79 Å². The van der Waals surface area contributed by atoms with Crippen molar-refractivity contribution < 1.29 is 39.6 Å². The predicted octanol–water partition coefficient (Wildman–Crippen LogP) is 7.39. The molecule has 0 aromatic rings. The fraction of sp³-hybridized carbons (Fsp3) is 0.871. The molecule has 0 amide bonds. The summed E-state index contributed by atoms with van der Waals surface area (Å²) in [5, 5.41) is 40.1. The van der Waals surface area contributed by atoms with Gasteiger partial charge in [0.2, 0.25) is 0 Å². The molecular weight excluding hydrogens is 500 g/mol. The maximum Gasteiger partial charge on any atom is 0.338 e. The summed E-state index contributed by atoms with van der Waals surface area (Å²) >= 11 is 0. The number of carbonyl (C=O) groups is 4. The van der Waals surface area contributed by atoms with Crippen LogP contribution in [0, 0.1) is 11.3 Å². The quantitative estimate of drug-likeness (QED) is 0.0604. The molecule has 0 bridgehead atoms. The maximum absolute atomic E-state index is 13.3. The van der Waals surface area contributed by atoms with E-state index in [1.54, 1.807) is 0 Å². The first-order valence-electron chi connectivity index (χ1n) is 15.4. The van der Waals surface area contributed by atoms with E-state index in [0.717, 1.165) is 50.9 Å². The second-order valence-corrected chi connectivity index (χ2v) is 11.7. The minimum absolute atomic E-state index is 0.205. The van der Waals surface area contributed by atoms with E-state index in [9.17, 15) is 39.6 Å². The number of aliphatic carboxylic acids is 3. The van der Waals surface area contributed by atoms with E-state index in [1.807, 2.05) is 6.92 Å². The lowest BCUT2D eigenvalue weighted by molar-refractivity contribution is -0.196. The number of carbonyl (C=O) groups excluding carboxylic acids is 1. The topological polar surface area (TPSA) is 149 Å². The number of carboxylic acid groups (broad SMARTS) is 3. The molecule has 0 aliphatic heterocycles. The monoisotopic (exact) mass is 556 g/mol. The normalized spacial score (nSPS) is 14.6. The van der Waals surface area contributed by atoms with Gasteiger partial charge in [-0.05, 0) is 18.8 Å². The molecule has 0 fully saturated rings. The van der Waals surface area contributed by atoms with E-state index in [2.05, 4.69) is 13.8 Å². The van der Waals surface area contributed by atoms with Gasteiger partial charge in [-0.3, -0.25) is 14.4 Å². The minimum Gasteiger partial charge on any atom is -0.481 e. The molecule has 0 aromatic heterocycles. The van der Waals surface area contributed by atoms with Gasteiger partial charge in [-0.1, -0.05) is 130 Å². The Bertz CT molecular complexity index is 719. The van der Waals surface area contributed by atoms with Crippen molar-refractivity contribution in [1.29, 1.82) is 0 Å². The summed E-state index contributed by atoms with van der Waals surface area (Å²) < 4.78 is 0. The molecule has 0 aromatic carbocycles. The Kier molecular flexibility index (Phi) is 19.8. The largest absolute Gasteiger partial charge is 0.481 e. The number of aliphatic hydroxyl groups is 1. The van der Waals surface area contributed by atoms with Gasteiger partial charge in [-0.15, -0.1) is 0 Å². The van der Waals surface area contributed by atoms with Crippen LogP contribution in [-0.4, -0.2) is 49.7 Å². The number of unbranched alkanes of at least 4 members (excludes halogenated alkanes) is 15. The van der Waals surface area contributed by atoms with Gasteiger partial charge in [-0.2, -0.15) is 0 Å². The first-order chi connectivity index (χ1) is 18.5. The molecule has 228 valence electrons. The smallest absolute Gasteiger partial charge is 0.338 e. The number of hydrogen-bond donors (Lipinski definition) is 4. The Morgan fingerprint density at radius 2 is 1.05 bits per heavy atom. The summed E-state index contributed by atoms with van der Waals surface area (Å²) in [4.78, 5) is 49.2. The molecule has 0 aliphatic carbocycles. The molecule has 39 heavy (non-hydrogen) atoms. The van der Waals surface area contributed by atoms with Gasteiger partial charge in [0.05, 0.1) is 6.42 Å². The molecule has 0 rings (SSSR count). The average Bonchev–Trinajstić information content (AvgIpc) is 2.85. The lowest BCUT2D eigenvalue weighted by Crippen LogP contribution is -2.63. The van der Waals surface area contributed by atoms with Crippen LogP contribution in [0.5, 0.6) is 0 Å². The zero-order valence-electron chi connectivity index (χ0n) is 24.8. The predicted molar refractivity (Wildman–Crippen MR) is 153 cm³/mol. The van der Waals surface area contributed by atoms with Crippen molar-refractivity contribution in [3.8, 4) is 0 Å². The Morgan fingerprint density at radius 1 is 0.615 bits per heavy atom. The zero-order valence-corrected chi connectivity index (χ0v) is 24.8. The third kappa shape index (κ3) is 13.8. The second kappa shape index (κ2) is 20.9. The Labute approximate surface area is 236 Å². The molecular formula is C31H56O8. The molecule has 0 saturated heterocycles. The van der Waals surface area contributed by atoms with Gasteiger partial charge in [0, 0.05) is 6.42 Å². The number of ketones is 1. The highest BCUT2D eigenvalue weighted by atomic mass is 16.4. The van der Waals surface area contributed by atoms with Crippen LogP contribution in [-0.2, 0) is 19.2 Å². The summed E-state index contributed by atoms with van der Waals surface area (Å²) in [5.41, 5.74) is -5.92. The van der Waals surface area contributed by atoms with Crippen LogP contribution in [0.1, 0.15) is 156 Å². The van der Waals surface area contributed by atoms with Gasteiger partial charge in [0.15, 0.2) is 16.8 Å². The standard InChI is InChI=1S/C31H56O8/c1-4-5-6-15-19-22-26(32)30(28(35)36,31(39,29(37)38)24-27(33)34)23-20-17-14-12-10-8-7-9-11-13-16-18-21-25(2)3/h25,39H,4-24H2,1-3H3,(H,33,34)(H,35,36)(H,37,38). The van der Waals surface area contributed by atoms with Crippen molar-refractivity contribution in [1.82, 2.24) is 0 Å². The Hall–Kier alpha value is -1.96. The molecule has 8 nitrogen and oxygen atoms in total. The molecule has 0 aliphatic rings.